The number of fused-ring (bicyclic) bond motifs is 14. The van der Waals surface area contributed by atoms with Crippen LogP contribution in [0.3, 0.4) is 0 Å². The Hall–Kier alpha value is -6.62. The highest BCUT2D eigenvalue weighted by Crippen LogP contribution is 2.43. The number of thiophene rings is 1. The average Bonchev–Trinajstić information content (AvgIpc) is 3.96. The number of para-hydroxylation sites is 5. The first-order valence-corrected chi connectivity index (χ1v) is 18.4. The first kappa shape index (κ1) is 29.1. The summed E-state index contributed by atoms with van der Waals surface area (Å²) in [4.78, 5) is 0. The summed E-state index contributed by atoms with van der Waals surface area (Å²) in [5.41, 5.74) is 9.09. The molecule has 0 unspecified atom stereocenters. The maximum atomic E-state index is 6.34. The van der Waals surface area contributed by atoms with Crippen LogP contribution in [-0.4, -0.2) is 9.13 Å². The van der Waals surface area contributed by atoms with Gasteiger partial charge in [-0.25, -0.2) is 0 Å². The Morgan fingerprint density at radius 1 is 0.346 bits per heavy atom. The quantitative estimate of drug-likeness (QED) is 0.178. The molecule has 0 N–H and O–H groups in total. The van der Waals surface area contributed by atoms with Gasteiger partial charge >= 0.3 is 0 Å². The van der Waals surface area contributed by atoms with E-state index in [4.69, 9.17) is 4.42 Å². The Kier molecular flexibility index (Phi) is 6.42. The summed E-state index contributed by atoms with van der Waals surface area (Å²) in [6, 6.07) is 64.4. The van der Waals surface area contributed by atoms with E-state index in [-0.39, 0.29) is 0 Å². The number of benzene rings is 8. The van der Waals surface area contributed by atoms with Crippen LogP contribution in [-0.2, 0) is 0 Å². The van der Waals surface area contributed by atoms with Crippen molar-refractivity contribution in [2.75, 3.05) is 0 Å². The summed E-state index contributed by atoms with van der Waals surface area (Å²) >= 11 is 1.88. The Labute approximate surface area is 302 Å². The second kappa shape index (κ2) is 11.5. The van der Waals surface area contributed by atoms with E-state index in [1.165, 1.54) is 64.0 Å². The van der Waals surface area contributed by atoms with Gasteiger partial charge in [0.15, 0.2) is 5.58 Å². The van der Waals surface area contributed by atoms with Crippen LogP contribution in [0.4, 0.5) is 0 Å². The maximum Gasteiger partial charge on any atom is 0.160 e. The predicted octanol–water partition coefficient (Wildman–Crippen LogP) is 13.8. The minimum atomic E-state index is 0.930. The van der Waals surface area contributed by atoms with Crippen LogP contribution in [0, 0.1) is 0 Å². The van der Waals surface area contributed by atoms with Gasteiger partial charge in [0, 0.05) is 63.9 Å². The van der Waals surface area contributed by atoms with Crippen molar-refractivity contribution in [2.45, 2.75) is 0 Å². The topological polar surface area (TPSA) is 23.0 Å². The van der Waals surface area contributed by atoms with Crippen molar-refractivity contribution in [3.05, 3.63) is 182 Å². The third-order valence-corrected chi connectivity index (χ3v) is 11.5. The first-order valence-electron chi connectivity index (χ1n) is 17.6. The third kappa shape index (κ3) is 4.25. The minimum Gasteiger partial charge on any atom is -0.454 e. The van der Waals surface area contributed by atoms with E-state index in [2.05, 4.69) is 173 Å². The molecule has 0 radical (unpaired) electrons. The molecule has 0 aliphatic heterocycles. The standard InChI is InChI=1S/C24H15NO.C24H15NS/c1-2-8-16(9-3-1)25-21-12-6-4-10-17(21)19-14-15-20-18-11-5-7-13-22(18)26-24(20)23(19)25;1-2-8-16(9-3-1)25-19-12-6-4-10-17(19)23-20(25)14-15-22-24(23)18-11-5-7-13-21(18)26-22/h2*1-15H. The summed E-state index contributed by atoms with van der Waals surface area (Å²) in [5, 5.41) is 10.2. The summed E-state index contributed by atoms with van der Waals surface area (Å²) in [7, 11) is 0. The Bertz CT molecular complexity index is 3290. The van der Waals surface area contributed by atoms with Gasteiger partial charge in [0.25, 0.3) is 0 Å². The molecular formula is C48H30N2OS. The van der Waals surface area contributed by atoms with Crippen LogP contribution < -0.4 is 0 Å². The minimum absolute atomic E-state index is 0.930. The molecule has 0 spiro atoms. The molecule has 4 heteroatoms. The van der Waals surface area contributed by atoms with Crippen LogP contribution in [0.25, 0.3) is 97.1 Å². The number of nitrogens with zero attached hydrogens (tertiary/aromatic N) is 2. The largest absolute Gasteiger partial charge is 0.454 e. The molecule has 0 aliphatic carbocycles. The van der Waals surface area contributed by atoms with Gasteiger partial charge in [-0.2, -0.15) is 0 Å². The Morgan fingerprint density at radius 2 is 0.923 bits per heavy atom. The van der Waals surface area contributed by atoms with E-state index in [0.717, 1.165) is 33.1 Å². The van der Waals surface area contributed by atoms with Crippen molar-refractivity contribution in [3.8, 4) is 11.4 Å². The molecule has 4 aromatic heterocycles. The van der Waals surface area contributed by atoms with Crippen LogP contribution in [0.5, 0.6) is 0 Å². The molecular weight excluding hydrogens is 653 g/mol. The third-order valence-electron chi connectivity index (χ3n) is 10.4. The molecule has 244 valence electrons. The molecule has 0 fully saturated rings. The van der Waals surface area contributed by atoms with Crippen molar-refractivity contribution in [1.82, 2.24) is 9.13 Å². The van der Waals surface area contributed by atoms with Crippen LogP contribution >= 0.6 is 11.3 Å². The van der Waals surface area contributed by atoms with E-state index in [1.54, 1.807) is 0 Å². The number of furan rings is 1. The zero-order chi connectivity index (χ0) is 34.2. The number of hydrogen-bond donors (Lipinski definition) is 0. The summed E-state index contributed by atoms with van der Waals surface area (Å²) in [5.74, 6) is 0. The number of hydrogen-bond acceptors (Lipinski definition) is 2. The SMILES string of the molecule is c1ccc(-n2c3ccccc3c3c4c(ccc32)sc2ccccc24)cc1.c1ccc(-n2c3ccccc3c3ccc4c5ccccc5oc4c32)cc1. The Balaban J connectivity index is 0.000000123. The van der Waals surface area contributed by atoms with E-state index in [0.29, 0.717) is 0 Å². The molecule has 3 nitrogen and oxygen atoms in total. The molecule has 0 saturated carbocycles. The normalized spacial score (nSPS) is 11.8. The first-order chi connectivity index (χ1) is 25.8. The van der Waals surface area contributed by atoms with Crippen molar-refractivity contribution >= 4 is 97.1 Å². The van der Waals surface area contributed by atoms with Gasteiger partial charge in [-0.05, 0) is 66.7 Å². The molecule has 52 heavy (non-hydrogen) atoms. The zero-order valence-corrected chi connectivity index (χ0v) is 28.8. The monoisotopic (exact) mass is 682 g/mol. The molecule has 0 aliphatic rings. The molecule has 12 aromatic rings. The van der Waals surface area contributed by atoms with E-state index in [9.17, 15) is 0 Å². The fourth-order valence-electron chi connectivity index (χ4n) is 8.21. The van der Waals surface area contributed by atoms with Gasteiger partial charge in [0.05, 0.1) is 22.1 Å². The van der Waals surface area contributed by atoms with Crippen molar-refractivity contribution in [1.29, 1.82) is 0 Å². The summed E-state index contributed by atoms with van der Waals surface area (Å²) in [6.45, 7) is 0. The molecule has 8 aromatic carbocycles. The maximum absolute atomic E-state index is 6.34. The highest BCUT2D eigenvalue weighted by atomic mass is 32.1. The molecule has 0 saturated heterocycles. The molecule has 0 amide bonds. The highest BCUT2D eigenvalue weighted by molar-refractivity contribution is 7.26. The number of rotatable bonds is 2. The Morgan fingerprint density at radius 3 is 1.69 bits per heavy atom. The van der Waals surface area contributed by atoms with Crippen molar-refractivity contribution < 1.29 is 4.42 Å². The summed E-state index contributed by atoms with van der Waals surface area (Å²) in [6.07, 6.45) is 0. The molecule has 0 atom stereocenters. The average molecular weight is 683 g/mol. The molecule has 12 rings (SSSR count). The van der Waals surface area contributed by atoms with E-state index >= 15 is 0 Å². The highest BCUT2D eigenvalue weighted by Gasteiger charge is 2.19. The lowest BCUT2D eigenvalue weighted by Crippen LogP contribution is -1.93. The number of aromatic nitrogens is 2. The smallest absolute Gasteiger partial charge is 0.160 e. The van der Waals surface area contributed by atoms with Gasteiger partial charge in [-0.3, -0.25) is 0 Å². The van der Waals surface area contributed by atoms with Gasteiger partial charge in [-0.15, -0.1) is 11.3 Å². The van der Waals surface area contributed by atoms with Crippen LogP contribution in [0.15, 0.2) is 186 Å². The van der Waals surface area contributed by atoms with E-state index in [1.807, 2.05) is 29.5 Å². The second-order valence-corrected chi connectivity index (χ2v) is 14.3. The van der Waals surface area contributed by atoms with Gasteiger partial charge < -0.3 is 13.6 Å². The molecule has 4 heterocycles. The molecule has 0 bridgehead atoms. The van der Waals surface area contributed by atoms with Crippen LogP contribution in [0.1, 0.15) is 0 Å². The lowest BCUT2D eigenvalue weighted by molar-refractivity contribution is 0.671. The van der Waals surface area contributed by atoms with Crippen molar-refractivity contribution in [3.63, 3.8) is 0 Å². The van der Waals surface area contributed by atoms with Gasteiger partial charge in [0.1, 0.15) is 5.58 Å². The second-order valence-electron chi connectivity index (χ2n) is 13.2. The predicted molar refractivity (Wildman–Crippen MR) is 222 cm³/mol. The van der Waals surface area contributed by atoms with E-state index < -0.39 is 0 Å². The van der Waals surface area contributed by atoms with Gasteiger partial charge in [-0.1, -0.05) is 115 Å². The van der Waals surface area contributed by atoms with Crippen LogP contribution in [0.2, 0.25) is 0 Å². The zero-order valence-electron chi connectivity index (χ0n) is 28.0. The summed E-state index contributed by atoms with van der Waals surface area (Å²) < 4.78 is 13.7. The lowest BCUT2D eigenvalue weighted by Gasteiger charge is -2.07. The lowest BCUT2D eigenvalue weighted by atomic mass is 10.1. The van der Waals surface area contributed by atoms with Gasteiger partial charge in [0.2, 0.25) is 0 Å². The fourth-order valence-corrected chi connectivity index (χ4v) is 9.32. The van der Waals surface area contributed by atoms with Crippen molar-refractivity contribution in [2.24, 2.45) is 0 Å². The fraction of sp³-hybridized carbons (Fsp3) is 0.